The van der Waals surface area contributed by atoms with Crippen LogP contribution in [0.2, 0.25) is 0 Å². The molecule has 5 heteroatoms. The van der Waals surface area contributed by atoms with Crippen LogP contribution >= 0.6 is 11.3 Å². The minimum absolute atomic E-state index is 0.0543. The molecule has 0 aromatic carbocycles. The minimum Gasteiger partial charge on any atom is -0.469 e. The molecule has 1 aromatic heterocycles. The van der Waals surface area contributed by atoms with E-state index in [9.17, 15) is 4.79 Å². The predicted molar refractivity (Wildman–Crippen MR) is 72.8 cm³/mol. The summed E-state index contributed by atoms with van der Waals surface area (Å²) < 4.78 is 9.79. The van der Waals surface area contributed by atoms with Gasteiger partial charge >= 0.3 is 5.97 Å². The van der Waals surface area contributed by atoms with Crippen LogP contribution in [-0.4, -0.2) is 32.3 Å². The molecular formula is C13H21NO3S. The molecule has 0 saturated heterocycles. The van der Waals surface area contributed by atoms with Gasteiger partial charge in [-0.3, -0.25) is 4.79 Å². The zero-order chi connectivity index (χ0) is 13.6. The third-order valence-electron chi connectivity index (χ3n) is 2.51. The number of ether oxygens (including phenoxy) is 2. The van der Waals surface area contributed by atoms with Crippen LogP contribution in [0, 0.1) is 0 Å². The highest BCUT2D eigenvalue weighted by molar-refractivity contribution is 7.12. The lowest BCUT2D eigenvalue weighted by Gasteiger charge is -2.24. The van der Waals surface area contributed by atoms with Gasteiger partial charge in [0.1, 0.15) is 0 Å². The first kappa shape index (κ1) is 15.1. The summed E-state index contributed by atoms with van der Waals surface area (Å²) in [5, 5.41) is 3.43. The van der Waals surface area contributed by atoms with Gasteiger partial charge in [-0.25, -0.2) is 0 Å². The molecule has 0 aliphatic heterocycles. The summed E-state index contributed by atoms with van der Waals surface area (Å²) in [6.07, 6.45) is 0.350. The van der Waals surface area contributed by atoms with E-state index >= 15 is 0 Å². The summed E-state index contributed by atoms with van der Waals surface area (Å²) in [7, 11) is 3.11. The van der Waals surface area contributed by atoms with Crippen LogP contribution in [0.4, 0.5) is 0 Å². The van der Waals surface area contributed by atoms with Crippen molar-refractivity contribution in [2.75, 3.05) is 20.8 Å². The van der Waals surface area contributed by atoms with Crippen LogP contribution in [0.1, 0.15) is 23.6 Å². The number of carbonyl (C=O) groups excluding carboxylic acids is 1. The van der Waals surface area contributed by atoms with Crippen molar-refractivity contribution in [1.82, 2.24) is 5.32 Å². The highest BCUT2D eigenvalue weighted by atomic mass is 32.1. The van der Waals surface area contributed by atoms with Crippen molar-refractivity contribution in [3.63, 3.8) is 0 Å². The molecule has 0 amide bonds. The average molecular weight is 271 g/mol. The van der Waals surface area contributed by atoms with Crippen LogP contribution in [0.3, 0.4) is 0 Å². The van der Waals surface area contributed by atoms with E-state index in [4.69, 9.17) is 4.74 Å². The zero-order valence-corrected chi connectivity index (χ0v) is 12.2. The van der Waals surface area contributed by atoms with Crippen molar-refractivity contribution in [2.24, 2.45) is 0 Å². The molecule has 0 aliphatic carbocycles. The van der Waals surface area contributed by atoms with Crippen LogP contribution < -0.4 is 5.32 Å². The summed E-state index contributed by atoms with van der Waals surface area (Å²) >= 11 is 1.63. The number of methoxy groups -OCH3 is 2. The second-order valence-electron chi connectivity index (χ2n) is 4.79. The number of rotatable bonds is 7. The highest BCUT2D eigenvalue weighted by Gasteiger charge is 2.16. The molecular weight excluding hydrogens is 250 g/mol. The lowest BCUT2D eigenvalue weighted by Crippen LogP contribution is -2.42. The molecule has 1 rings (SSSR count). The number of nitrogens with one attached hydrogen (secondary N) is 1. The molecule has 0 atom stereocenters. The third-order valence-corrected chi connectivity index (χ3v) is 3.60. The molecule has 4 nitrogen and oxygen atoms in total. The van der Waals surface area contributed by atoms with Crippen LogP contribution in [0.15, 0.2) is 12.1 Å². The van der Waals surface area contributed by atoms with Crippen LogP contribution in [0.5, 0.6) is 0 Å². The van der Waals surface area contributed by atoms with Crippen molar-refractivity contribution < 1.29 is 14.3 Å². The topological polar surface area (TPSA) is 47.6 Å². The van der Waals surface area contributed by atoms with Gasteiger partial charge in [-0.2, -0.15) is 0 Å². The minimum atomic E-state index is -0.198. The van der Waals surface area contributed by atoms with Crippen molar-refractivity contribution in [2.45, 2.75) is 32.4 Å². The predicted octanol–water partition coefficient (Wildman–Crippen LogP) is 1.98. The number of hydrogen-bond acceptors (Lipinski definition) is 5. The Bertz CT molecular complexity index is 387. The van der Waals surface area contributed by atoms with Crippen LogP contribution in [0.25, 0.3) is 0 Å². The van der Waals surface area contributed by atoms with Gasteiger partial charge in [0.15, 0.2) is 0 Å². The first-order valence-electron chi connectivity index (χ1n) is 5.85. The molecule has 0 bridgehead atoms. The standard InChI is InChI=1S/C13H21NO3S/c1-13(2,9-16-3)14-8-11-6-5-10(18-11)7-12(15)17-4/h5-6,14H,7-9H2,1-4H3. The van der Waals surface area contributed by atoms with E-state index in [1.165, 1.54) is 12.0 Å². The van der Waals surface area contributed by atoms with E-state index in [1.54, 1.807) is 18.4 Å². The summed E-state index contributed by atoms with van der Waals surface area (Å²) in [6, 6.07) is 4.01. The molecule has 102 valence electrons. The Morgan fingerprint density at radius 3 is 2.61 bits per heavy atom. The van der Waals surface area contributed by atoms with Crippen LogP contribution in [-0.2, 0) is 27.2 Å². The molecule has 0 unspecified atom stereocenters. The lowest BCUT2D eigenvalue weighted by molar-refractivity contribution is -0.139. The number of hydrogen-bond donors (Lipinski definition) is 1. The van der Waals surface area contributed by atoms with E-state index < -0.39 is 0 Å². The molecule has 1 aromatic rings. The maximum Gasteiger partial charge on any atom is 0.310 e. The quantitative estimate of drug-likeness (QED) is 0.770. The Morgan fingerprint density at radius 2 is 2.00 bits per heavy atom. The van der Waals surface area contributed by atoms with Gasteiger partial charge in [-0.1, -0.05) is 0 Å². The molecule has 0 spiro atoms. The number of esters is 1. The summed E-state index contributed by atoms with van der Waals surface area (Å²) in [5.41, 5.74) is -0.0543. The highest BCUT2D eigenvalue weighted by Crippen LogP contribution is 2.18. The lowest BCUT2D eigenvalue weighted by atomic mass is 10.1. The van der Waals surface area contributed by atoms with Gasteiger partial charge < -0.3 is 14.8 Å². The Hall–Kier alpha value is -0.910. The normalized spacial score (nSPS) is 11.6. The fourth-order valence-electron chi connectivity index (χ4n) is 1.57. The van der Waals surface area contributed by atoms with Gasteiger partial charge in [0.05, 0.1) is 20.1 Å². The first-order chi connectivity index (χ1) is 8.46. The monoisotopic (exact) mass is 271 g/mol. The fraction of sp³-hybridized carbons (Fsp3) is 0.615. The fourth-order valence-corrected chi connectivity index (χ4v) is 2.51. The largest absolute Gasteiger partial charge is 0.469 e. The first-order valence-corrected chi connectivity index (χ1v) is 6.67. The Kier molecular flexibility index (Phi) is 5.78. The van der Waals surface area contributed by atoms with Gasteiger partial charge in [0.2, 0.25) is 0 Å². The van der Waals surface area contributed by atoms with E-state index in [1.807, 2.05) is 12.1 Å². The van der Waals surface area contributed by atoms with Crippen molar-refractivity contribution in [3.8, 4) is 0 Å². The third kappa shape index (κ3) is 5.16. The summed E-state index contributed by atoms with van der Waals surface area (Å²) in [4.78, 5) is 13.4. The molecule has 0 radical (unpaired) electrons. The van der Waals surface area contributed by atoms with E-state index in [0.717, 1.165) is 11.4 Å². The second-order valence-corrected chi connectivity index (χ2v) is 6.04. The van der Waals surface area contributed by atoms with E-state index in [0.29, 0.717) is 13.0 Å². The maximum atomic E-state index is 11.1. The van der Waals surface area contributed by atoms with Gasteiger partial charge in [0, 0.05) is 28.9 Å². The maximum absolute atomic E-state index is 11.1. The average Bonchev–Trinajstić information content (AvgIpc) is 2.74. The number of thiophene rings is 1. The summed E-state index contributed by atoms with van der Waals surface area (Å²) in [5.74, 6) is -0.198. The SMILES string of the molecule is COCC(C)(C)NCc1ccc(CC(=O)OC)s1. The second kappa shape index (κ2) is 6.87. The Labute approximate surface area is 112 Å². The Balaban J connectivity index is 2.46. The summed E-state index contributed by atoms with van der Waals surface area (Å²) in [6.45, 7) is 5.63. The van der Waals surface area contributed by atoms with Crippen molar-refractivity contribution in [3.05, 3.63) is 21.9 Å². The van der Waals surface area contributed by atoms with Crippen molar-refractivity contribution >= 4 is 17.3 Å². The number of carbonyl (C=O) groups is 1. The molecule has 1 N–H and O–H groups in total. The van der Waals surface area contributed by atoms with Gasteiger partial charge in [0.25, 0.3) is 0 Å². The van der Waals surface area contributed by atoms with Crippen molar-refractivity contribution in [1.29, 1.82) is 0 Å². The van der Waals surface area contributed by atoms with E-state index in [-0.39, 0.29) is 11.5 Å². The smallest absolute Gasteiger partial charge is 0.310 e. The Morgan fingerprint density at radius 1 is 1.33 bits per heavy atom. The van der Waals surface area contributed by atoms with Gasteiger partial charge in [-0.05, 0) is 26.0 Å². The molecule has 0 aliphatic rings. The zero-order valence-electron chi connectivity index (χ0n) is 11.4. The molecule has 0 saturated carbocycles. The van der Waals surface area contributed by atoms with E-state index in [2.05, 4.69) is 23.9 Å². The molecule has 18 heavy (non-hydrogen) atoms. The molecule has 1 heterocycles. The van der Waals surface area contributed by atoms with Gasteiger partial charge in [-0.15, -0.1) is 11.3 Å². The molecule has 0 fully saturated rings.